The monoisotopic (exact) mass is 844 g/mol. The summed E-state index contributed by atoms with van der Waals surface area (Å²) in [5.74, 6) is 5.13. The molecule has 4 saturated carbocycles. The Morgan fingerprint density at radius 1 is 0.745 bits per heavy atom. The van der Waals surface area contributed by atoms with Crippen molar-refractivity contribution < 1.29 is 46.1 Å². The van der Waals surface area contributed by atoms with E-state index in [-0.39, 0.29) is 27.9 Å². The van der Waals surface area contributed by atoms with E-state index in [1.807, 2.05) is 3.28 Å². The van der Waals surface area contributed by atoms with Crippen LogP contribution in [0.1, 0.15) is 136 Å². The molecule has 5 atom stereocenters. The second-order valence-corrected chi connectivity index (χ2v) is 26.6. The first-order valence-corrected chi connectivity index (χ1v) is 25.2. The van der Waals surface area contributed by atoms with Gasteiger partial charge in [0.15, 0.2) is 0 Å². The summed E-state index contributed by atoms with van der Waals surface area (Å²) in [6.45, 7) is 20.4. The van der Waals surface area contributed by atoms with E-state index in [9.17, 15) is 0 Å². The summed E-state index contributed by atoms with van der Waals surface area (Å²) in [6.07, 6.45) is 17.0. The molecule has 0 saturated heterocycles. The molecule has 7 aliphatic carbocycles. The maximum absolute atomic E-state index is 3.00. The standard InChI is InChI=1S/C29H33.C15H19.C8H8.2ClH.Zr/c1-14-13-24-25(18(5)15(14)2)21(8)28-27-20(7)17(4)16(3)19(6)26(27)22-11-9-10-12-23(22)29(24)28;1-2-4-14(3-1)15-8-11-5-12(9-15)7-13(6-11)10-15;1-2-8-6-4-3-5-7-8;;;/h9-13,16-17,19,21H,1-8H3;3-4,11-13H,1,5-10H2;1,3-7H,2H2;2*1H;/q;;;;;+2/p-2. The van der Waals surface area contributed by atoms with Crippen LogP contribution in [0.25, 0.3) is 21.9 Å². The van der Waals surface area contributed by atoms with Gasteiger partial charge in [-0.15, -0.1) is 0 Å². The van der Waals surface area contributed by atoms with Crippen molar-refractivity contribution in [3.8, 4) is 11.1 Å². The van der Waals surface area contributed by atoms with Crippen LogP contribution >= 0.6 is 0 Å². The Bertz CT molecular complexity index is 2250. The Balaban J connectivity index is 0.00000214. The summed E-state index contributed by atoms with van der Waals surface area (Å²) in [6, 6.07) is 23.6. The number of fused-ring (bicyclic) bond motifs is 8. The van der Waals surface area contributed by atoms with Gasteiger partial charge >= 0.3 is 330 Å². The summed E-state index contributed by atoms with van der Waals surface area (Å²) >= 11 is -2.61. The quantitative estimate of drug-likeness (QED) is 0.194. The first kappa shape index (κ1) is 39.8. The van der Waals surface area contributed by atoms with Gasteiger partial charge in [0.2, 0.25) is 0 Å². The first-order valence-electron chi connectivity index (χ1n) is 21.4. The molecule has 4 fully saturated rings. The van der Waals surface area contributed by atoms with E-state index in [1.54, 1.807) is 33.4 Å². The van der Waals surface area contributed by atoms with E-state index in [0.717, 1.165) is 24.2 Å². The average molecular weight is 847 g/mol. The minimum atomic E-state index is -2.61. The number of rotatable bonds is 5. The molecule has 286 valence electrons. The normalized spacial score (nSPS) is 32.3. The molecule has 0 spiro atoms. The van der Waals surface area contributed by atoms with Crippen molar-refractivity contribution in [2.45, 2.75) is 122 Å². The third kappa shape index (κ3) is 5.77. The summed E-state index contributed by atoms with van der Waals surface area (Å²) < 4.78 is 5.04. The Morgan fingerprint density at radius 3 is 2.02 bits per heavy atom. The molecule has 5 unspecified atom stereocenters. The SMILES string of the molecule is Cc1cc2c(c(C)c1C)C(C)c1c3c(c4ccccc4c1-2)C(C)C(C)C(C)[C]3(C)[Zr+2](=[CH]Cc1ccccc1)[C]1=CC(C23CC4CC(CC(C4)C2)C3)=CC1.[Cl-].[Cl-]. The molecular weight excluding hydrogens is 787 g/mol. The van der Waals surface area contributed by atoms with E-state index >= 15 is 0 Å². The Kier molecular flexibility index (Phi) is 10.4. The van der Waals surface area contributed by atoms with Gasteiger partial charge < -0.3 is 24.8 Å². The number of benzene rings is 4. The van der Waals surface area contributed by atoms with Crippen molar-refractivity contribution in [2.24, 2.45) is 35.0 Å². The Morgan fingerprint density at radius 2 is 1.36 bits per heavy atom. The van der Waals surface area contributed by atoms with E-state index in [2.05, 4.69) is 132 Å². The van der Waals surface area contributed by atoms with Crippen LogP contribution in [0, 0.1) is 55.8 Å². The van der Waals surface area contributed by atoms with Crippen LogP contribution in [0.4, 0.5) is 0 Å². The van der Waals surface area contributed by atoms with Gasteiger partial charge in [-0.25, -0.2) is 0 Å². The van der Waals surface area contributed by atoms with Crippen molar-refractivity contribution in [1.29, 1.82) is 0 Å². The van der Waals surface area contributed by atoms with E-state index < -0.39 is 21.3 Å². The number of hydrogen-bond donors (Lipinski definition) is 0. The molecule has 4 aromatic carbocycles. The van der Waals surface area contributed by atoms with E-state index in [0.29, 0.717) is 29.1 Å². The predicted octanol–water partition coefficient (Wildman–Crippen LogP) is 7.60. The predicted molar refractivity (Wildman–Crippen MR) is 223 cm³/mol. The molecule has 11 rings (SSSR count). The largest absolute Gasteiger partial charge is 1.00 e. The van der Waals surface area contributed by atoms with Gasteiger partial charge in [0, 0.05) is 0 Å². The molecule has 4 bridgehead atoms. The van der Waals surface area contributed by atoms with Crippen molar-refractivity contribution in [3.63, 3.8) is 0 Å². The number of allylic oxidation sites excluding steroid dienone is 4. The Labute approximate surface area is 352 Å². The summed E-state index contributed by atoms with van der Waals surface area (Å²) in [5, 5.41) is 3.03. The second kappa shape index (κ2) is 14.3. The fourth-order valence-corrected chi connectivity index (χ4v) is 23.3. The van der Waals surface area contributed by atoms with Gasteiger partial charge in [-0.05, 0) is 0 Å². The van der Waals surface area contributed by atoms with Crippen molar-refractivity contribution in [3.05, 3.63) is 126 Å². The number of hydrogen-bond acceptors (Lipinski definition) is 0. The first-order chi connectivity index (χ1) is 25.5. The maximum atomic E-state index is 3.00. The van der Waals surface area contributed by atoms with E-state index in [4.69, 9.17) is 0 Å². The minimum absolute atomic E-state index is 0. The summed E-state index contributed by atoms with van der Waals surface area (Å²) in [5.41, 5.74) is 18.1. The molecule has 4 aromatic rings. The van der Waals surface area contributed by atoms with Crippen LogP contribution in [0.2, 0.25) is 0 Å². The molecule has 0 aromatic heterocycles. The third-order valence-electron chi connectivity index (χ3n) is 16.9. The van der Waals surface area contributed by atoms with Gasteiger partial charge in [-0.2, -0.15) is 0 Å². The molecule has 0 heterocycles. The minimum Gasteiger partial charge on any atom is -1.00 e. The molecule has 0 nitrogen and oxygen atoms in total. The molecular formula is C52H60Cl2Zr. The zero-order chi connectivity index (χ0) is 36.6. The van der Waals surface area contributed by atoms with E-state index in [1.165, 1.54) is 83.5 Å². The van der Waals surface area contributed by atoms with Gasteiger partial charge in [0.05, 0.1) is 0 Å². The second-order valence-electron chi connectivity index (χ2n) is 19.4. The average Bonchev–Trinajstić information content (AvgIpc) is 3.75. The smallest absolute Gasteiger partial charge is 1.00 e. The van der Waals surface area contributed by atoms with Crippen LogP contribution in [-0.4, -0.2) is 3.71 Å². The molecule has 0 aliphatic heterocycles. The van der Waals surface area contributed by atoms with Crippen molar-refractivity contribution >= 4 is 14.5 Å². The van der Waals surface area contributed by atoms with Gasteiger partial charge in [0.25, 0.3) is 0 Å². The summed E-state index contributed by atoms with van der Waals surface area (Å²) in [4.78, 5) is 0. The maximum Gasteiger partial charge on any atom is -1.00 e. The Hall–Kier alpha value is -2.05. The van der Waals surface area contributed by atoms with Gasteiger partial charge in [-0.3, -0.25) is 0 Å². The van der Waals surface area contributed by atoms with Crippen LogP contribution in [0.3, 0.4) is 0 Å². The number of halogens is 2. The molecule has 0 amide bonds. The molecule has 0 N–H and O–H groups in total. The fourth-order valence-electron chi connectivity index (χ4n) is 14.1. The van der Waals surface area contributed by atoms with Crippen molar-refractivity contribution in [2.75, 3.05) is 0 Å². The van der Waals surface area contributed by atoms with Crippen molar-refractivity contribution in [1.82, 2.24) is 0 Å². The van der Waals surface area contributed by atoms with Gasteiger partial charge in [-0.1, -0.05) is 0 Å². The van der Waals surface area contributed by atoms with Gasteiger partial charge in [0.1, 0.15) is 0 Å². The van der Waals surface area contributed by atoms with Crippen LogP contribution in [0.15, 0.2) is 81.7 Å². The third-order valence-corrected chi connectivity index (χ3v) is 25.5. The zero-order valence-corrected chi connectivity index (χ0v) is 38.4. The fraction of sp³-hybridized carbons (Fsp3) is 0.481. The zero-order valence-electron chi connectivity index (χ0n) is 34.5. The number of aryl methyl sites for hydroxylation is 1. The molecule has 0 radical (unpaired) electrons. The molecule has 3 heteroatoms. The molecule has 55 heavy (non-hydrogen) atoms. The summed E-state index contributed by atoms with van der Waals surface area (Å²) in [7, 11) is 0. The van der Waals surface area contributed by atoms with Crippen LogP contribution < -0.4 is 24.8 Å². The topological polar surface area (TPSA) is 0 Å². The van der Waals surface area contributed by atoms with Crippen LogP contribution in [-0.2, 0) is 30.8 Å². The molecule has 7 aliphatic rings. The van der Waals surface area contributed by atoms with Crippen LogP contribution in [0.5, 0.6) is 0 Å².